The molecule has 0 fully saturated rings. The molecule has 0 spiro atoms. The predicted octanol–water partition coefficient (Wildman–Crippen LogP) is 10.9. The van der Waals surface area contributed by atoms with Crippen LogP contribution in [0.15, 0.2) is 154 Å². The quantitative estimate of drug-likeness (QED) is 0.196. The van der Waals surface area contributed by atoms with Crippen LogP contribution in [-0.4, -0.2) is 19.9 Å². The topological polar surface area (TPSA) is 77.8 Å². The Bertz CT molecular complexity index is 2780. The van der Waals surface area contributed by atoms with Crippen molar-refractivity contribution in [3.63, 3.8) is 0 Å². The van der Waals surface area contributed by atoms with E-state index in [0.29, 0.717) is 28.9 Å². The Morgan fingerprint density at radius 1 is 0.396 bits per heavy atom. The highest BCUT2D eigenvalue weighted by molar-refractivity contribution is 6.15. The Morgan fingerprint density at radius 3 is 1.77 bits per heavy atom. The molecule has 6 heteroatoms. The lowest BCUT2D eigenvalue weighted by molar-refractivity contribution is 0.654. The van der Waals surface area contributed by atoms with Crippen LogP contribution in [0.3, 0.4) is 0 Å². The number of aromatic nitrogens is 4. The van der Waals surface area contributed by atoms with Crippen molar-refractivity contribution in [3.05, 3.63) is 146 Å². The monoisotopic (exact) mass is 616 g/mol. The second kappa shape index (κ2) is 10.4. The molecule has 0 aliphatic heterocycles. The molecule has 0 atom stereocenters. The lowest BCUT2D eigenvalue weighted by Gasteiger charge is -2.11. The van der Waals surface area contributed by atoms with Crippen molar-refractivity contribution in [2.75, 3.05) is 0 Å². The Balaban J connectivity index is 1.31. The molecule has 48 heavy (non-hydrogen) atoms. The molecule has 0 bridgehead atoms. The van der Waals surface area contributed by atoms with Gasteiger partial charge in [0.15, 0.2) is 17.5 Å². The molecule has 0 saturated carbocycles. The SMILES string of the molecule is c1ccc(-c2nc(-c3ccccc3)nc(-c3cc(-c4cccc5c4oc4ccccc45)nc4oc5cc6ccccc6cc5c34)n2)cc1. The molecular formula is C42H24N4O2. The summed E-state index contributed by atoms with van der Waals surface area (Å²) < 4.78 is 13.0. The second-order valence-electron chi connectivity index (χ2n) is 11.9. The number of fused-ring (bicyclic) bond motifs is 7. The van der Waals surface area contributed by atoms with Gasteiger partial charge in [0, 0.05) is 38.4 Å². The highest BCUT2D eigenvalue weighted by atomic mass is 16.3. The maximum atomic E-state index is 6.57. The van der Waals surface area contributed by atoms with Gasteiger partial charge in [-0.25, -0.2) is 19.9 Å². The van der Waals surface area contributed by atoms with Crippen molar-refractivity contribution in [2.24, 2.45) is 0 Å². The van der Waals surface area contributed by atoms with E-state index in [2.05, 4.69) is 42.5 Å². The van der Waals surface area contributed by atoms with E-state index in [4.69, 9.17) is 28.8 Å². The van der Waals surface area contributed by atoms with Gasteiger partial charge in [-0.05, 0) is 41.1 Å². The van der Waals surface area contributed by atoms with Crippen LogP contribution in [0.5, 0.6) is 0 Å². The lowest BCUT2D eigenvalue weighted by Crippen LogP contribution is -2.01. The van der Waals surface area contributed by atoms with E-state index in [1.54, 1.807) is 0 Å². The van der Waals surface area contributed by atoms with E-state index in [1.165, 1.54) is 0 Å². The first-order chi connectivity index (χ1) is 23.8. The lowest BCUT2D eigenvalue weighted by atomic mass is 10.0. The molecule has 4 heterocycles. The van der Waals surface area contributed by atoms with E-state index in [0.717, 1.165) is 71.3 Å². The number of rotatable bonds is 4. The van der Waals surface area contributed by atoms with Crippen molar-refractivity contribution in [1.29, 1.82) is 0 Å². The summed E-state index contributed by atoms with van der Waals surface area (Å²) in [6.45, 7) is 0. The third kappa shape index (κ3) is 4.20. The van der Waals surface area contributed by atoms with Gasteiger partial charge in [0.1, 0.15) is 16.7 Å². The van der Waals surface area contributed by atoms with Crippen LogP contribution in [0, 0.1) is 0 Å². The summed E-state index contributed by atoms with van der Waals surface area (Å²) in [5, 5.41) is 6.09. The number of benzene rings is 6. The van der Waals surface area contributed by atoms with Crippen molar-refractivity contribution >= 4 is 54.8 Å². The van der Waals surface area contributed by atoms with Crippen LogP contribution in [0.1, 0.15) is 0 Å². The smallest absolute Gasteiger partial charge is 0.228 e. The molecule has 0 N–H and O–H groups in total. The Labute approximate surface area is 274 Å². The fourth-order valence-corrected chi connectivity index (χ4v) is 6.65. The first-order valence-electron chi connectivity index (χ1n) is 15.8. The third-order valence-electron chi connectivity index (χ3n) is 8.93. The molecule has 0 unspecified atom stereocenters. The maximum Gasteiger partial charge on any atom is 0.228 e. The molecule has 0 saturated heterocycles. The van der Waals surface area contributed by atoms with Crippen LogP contribution in [0.4, 0.5) is 0 Å². The van der Waals surface area contributed by atoms with E-state index in [-0.39, 0.29) is 0 Å². The van der Waals surface area contributed by atoms with Gasteiger partial charge in [-0.3, -0.25) is 0 Å². The molecule has 224 valence electrons. The zero-order valence-electron chi connectivity index (χ0n) is 25.5. The molecule has 4 aromatic heterocycles. The van der Waals surface area contributed by atoms with Gasteiger partial charge in [0.25, 0.3) is 0 Å². The fraction of sp³-hybridized carbons (Fsp3) is 0. The Kier molecular flexibility index (Phi) is 5.77. The zero-order valence-corrected chi connectivity index (χ0v) is 25.5. The largest absolute Gasteiger partial charge is 0.455 e. The molecule has 10 rings (SSSR count). The number of furan rings is 2. The number of hydrogen-bond donors (Lipinski definition) is 0. The van der Waals surface area contributed by atoms with Crippen LogP contribution in [0.2, 0.25) is 0 Å². The molecular weight excluding hydrogens is 592 g/mol. The first-order valence-corrected chi connectivity index (χ1v) is 15.8. The highest BCUT2D eigenvalue weighted by Crippen LogP contribution is 2.42. The average molecular weight is 617 g/mol. The Morgan fingerprint density at radius 2 is 1.02 bits per heavy atom. The number of pyridine rings is 1. The van der Waals surface area contributed by atoms with Gasteiger partial charge in [-0.15, -0.1) is 0 Å². The standard InChI is InChI=1S/C42H24N4O2/c1-3-12-25(13-4-1)39-44-40(26-14-5-2-6-15-26)46-41(45-39)33-24-34(31-20-11-19-30-29-18-9-10-21-35(29)47-38(30)31)43-42-37(33)32-22-27-16-7-8-17-28(27)23-36(32)48-42/h1-24H. The average Bonchev–Trinajstić information content (AvgIpc) is 3.72. The van der Waals surface area contributed by atoms with Gasteiger partial charge in [-0.2, -0.15) is 0 Å². The Hall–Kier alpha value is -6.66. The van der Waals surface area contributed by atoms with Gasteiger partial charge in [-0.1, -0.05) is 115 Å². The summed E-state index contributed by atoms with van der Waals surface area (Å²) >= 11 is 0. The minimum absolute atomic E-state index is 0.504. The van der Waals surface area contributed by atoms with E-state index in [9.17, 15) is 0 Å². The molecule has 6 nitrogen and oxygen atoms in total. The van der Waals surface area contributed by atoms with Crippen molar-refractivity contribution < 1.29 is 8.83 Å². The predicted molar refractivity (Wildman–Crippen MR) is 191 cm³/mol. The highest BCUT2D eigenvalue weighted by Gasteiger charge is 2.22. The van der Waals surface area contributed by atoms with Gasteiger partial charge in [0.05, 0.1) is 11.1 Å². The maximum absolute atomic E-state index is 6.57. The van der Waals surface area contributed by atoms with Gasteiger partial charge < -0.3 is 8.83 Å². The second-order valence-corrected chi connectivity index (χ2v) is 11.9. The van der Waals surface area contributed by atoms with Crippen LogP contribution in [-0.2, 0) is 0 Å². The van der Waals surface area contributed by atoms with Crippen LogP contribution >= 0.6 is 0 Å². The van der Waals surface area contributed by atoms with Crippen molar-refractivity contribution in [1.82, 2.24) is 19.9 Å². The summed E-state index contributed by atoms with van der Waals surface area (Å²) in [7, 11) is 0. The van der Waals surface area contributed by atoms with Crippen molar-refractivity contribution in [2.45, 2.75) is 0 Å². The summed E-state index contributed by atoms with van der Waals surface area (Å²) in [4.78, 5) is 20.3. The number of hydrogen-bond acceptors (Lipinski definition) is 6. The van der Waals surface area contributed by atoms with Gasteiger partial charge >= 0.3 is 0 Å². The normalized spacial score (nSPS) is 11.8. The minimum atomic E-state index is 0.504. The molecule has 0 aliphatic carbocycles. The van der Waals surface area contributed by atoms with Crippen LogP contribution < -0.4 is 0 Å². The summed E-state index contributed by atoms with van der Waals surface area (Å²) in [5.41, 5.74) is 7.01. The molecule has 0 radical (unpaired) electrons. The van der Waals surface area contributed by atoms with Crippen LogP contribution in [0.25, 0.3) is 100 Å². The molecule has 10 aromatic rings. The summed E-state index contributed by atoms with van der Waals surface area (Å²) in [5.74, 6) is 1.70. The van der Waals surface area contributed by atoms with E-state index in [1.807, 2.05) is 103 Å². The van der Waals surface area contributed by atoms with Crippen molar-refractivity contribution in [3.8, 4) is 45.4 Å². The number of para-hydroxylation sites is 2. The fourth-order valence-electron chi connectivity index (χ4n) is 6.65. The number of nitrogens with zero attached hydrogens (tertiary/aromatic N) is 4. The van der Waals surface area contributed by atoms with E-state index < -0.39 is 0 Å². The first kappa shape index (κ1) is 26.5. The van der Waals surface area contributed by atoms with Gasteiger partial charge in [0.2, 0.25) is 5.71 Å². The minimum Gasteiger partial charge on any atom is -0.455 e. The third-order valence-corrected chi connectivity index (χ3v) is 8.93. The molecule has 0 amide bonds. The molecule has 0 aliphatic rings. The summed E-state index contributed by atoms with van der Waals surface area (Å²) in [6.07, 6.45) is 0. The zero-order chi connectivity index (χ0) is 31.6. The van der Waals surface area contributed by atoms with E-state index >= 15 is 0 Å². The molecule has 6 aromatic carbocycles. The summed E-state index contributed by atoms with van der Waals surface area (Å²) in [6, 6.07) is 48.9.